The van der Waals surface area contributed by atoms with E-state index in [0.717, 1.165) is 52.2 Å². The van der Waals surface area contributed by atoms with E-state index in [1.807, 2.05) is 0 Å². The van der Waals surface area contributed by atoms with Crippen molar-refractivity contribution in [3.8, 4) is 0 Å². The van der Waals surface area contributed by atoms with Gasteiger partial charge in [-0.1, -0.05) is 0 Å². The van der Waals surface area contributed by atoms with Gasteiger partial charge in [-0.25, -0.2) is 0 Å². The van der Waals surface area contributed by atoms with Gasteiger partial charge in [0.2, 0.25) is 5.91 Å². The van der Waals surface area contributed by atoms with Crippen LogP contribution in [0.3, 0.4) is 0 Å². The van der Waals surface area contributed by atoms with Gasteiger partial charge in [0.25, 0.3) is 0 Å². The fourth-order valence-electron chi connectivity index (χ4n) is 4.18. The molecule has 1 amide bonds. The number of nitrogens with one attached hydrogen (secondary N) is 1. The van der Waals surface area contributed by atoms with Crippen LogP contribution < -0.4 is 5.32 Å². The summed E-state index contributed by atoms with van der Waals surface area (Å²) in [5.74, 6) is 0.759. The van der Waals surface area contributed by atoms with Crippen LogP contribution in [0.15, 0.2) is 15.9 Å². The summed E-state index contributed by atoms with van der Waals surface area (Å²) in [6, 6.07) is 4.31. The number of halogens is 3. The lowest BCUT2D eigenvalue weighted by Gasteiger charge is -2.35. The Morgan fingerprint density at radius 2 is 1.88 bits per heavy atom. The van der Waals surface area contributed by atoms with Crippen LogP contribution in [0.25, 0.3) is 0 Å². The van der Waals surface area contributed by atoms with E-state index in [-0.39, 0.29) is 24.8 Å². The second-order valence-corrected chi connectivity index (χ2v) is 9.72. The third-order valence-corrected chi connectivity index (χ3v) is 7.39. The number of hydrogen-bond donors (Lipinski definition) is 1. The van der Waals surface area contributed by atoms with Crippen molar-refractivity contribution in [2.45, 2.75) is 25.8 Å². The molecule has 2 saturated heterocycles. The van der Waals surface area contributed by atoms with Crippen LogP contribution in [0.5, 0.6) is 0 Å². The van der Waals surface area contributed by atoms with Crippen LogP contribution >= 0.6 is 52.1 Å². The summed E-state index contributed by atoms with van der Waals surface area (Å²) in [5, 5.41) is 3.42. The van der Waals surface area contributed by atoms with Gasteiger partial charge in [-0.3, -0.25) is 9.69 Å². The molecule has 3 aliphatic rings. The largest absolute Gasteiger partial charge is 0.340 e. The first-order valence-electron chi connectivity index (χ1n) is 8.62. The Bertz CT molecular complexity index is 586. The van der Waals surface area contributed by atoms with Crippen molar-refractivity contribution in [3.05, 3.63) is 20.8 Å². The molecular formula is C17H26BrCl2N3OS. The molecule has 0 aromatic carbocycles. The highest BCUT2D eigenvalue weighted by Gasteiger charge is 2.58. The maximum absolute atomic E-state index is 12.8. The van der Waals surface area contributed by atoms with Gasteiger partial charge in [0.15, 0.2) is 0 Å². The number of hydrogen-bond acceptors (Lipinski definition) is 4. The smallest absolute Gasteiger partial charge is 0.226 e. The van der Waals surface area contributed by atoms with Crippen LogP contribution in [-0.4, -0.2) is 55.0 Å². The lowest BCUT2D eigenvalue weighted by atomic mass is 9.91. The zero-order valence-electron chi connectivity index (χ0n) is 14.2. The predicted molar refractivity (Wildman–Crippen MR) is 111 cm³/mol. The fraction of sp³-hybridized carbons (Fsp3) is 0.706. The number of piperazine rings is 1. The van der Waals surface area contributed by atoms with Gasteiger partial charge >= 0.3 is 0 Å². The lowest BCUT2D eigenvalue weighted by molar-refractivity contribution is -0.135. The Labute approximate surface area is 174 Å². The number of thiophene rings is 1. The number of carbonyl (C=O) groups excluding carboxylic acids is 1. The van der Waals surface area contributed by atoms with Crippen molar-refractivity contribution in [2.24, 2.45) is 11.3 Å². The molecule has 25 heavy (non-hydrogen) atoms. The molecule has 1 unspecified atom stereocenters. The van der Waals surface area contributed by atoms with Crippen molar-refractivity contribution in [1.82, 2.24) is 15.1 Å². The molecule has 2 aliphatic heterocycles. The summed E-state index contributed by atoms with van der Waals surface area (Å²) in [7, 11) is 0. The molecule has 1 aliphatic carbocycles. The van der Waals surface area contributed by atoms with E-state index < -0.39 is 0 Å². The zero-order chi connectivity index (χ0) is 15.9. The van der Waals surface area contributed by atoms with Gasteiger partial charge in [0.05, 0.1) is 3.79 Å². The van der Waals surface area contributed by atoms with Crippen LogP contribution in [0.2, 0.25) is 0 Å². The van der Waals surface area contributed by atoms with E-state index in [1.54, 1.807) is 11.3 Å². The topological polar surface area (TPSA) is 35.6 Å². The van der Waals surface area contributed by atoms with Crippen LogP contribution in [0.4, 0.5) is 0 Å². The number of rotatable bonds is 3. The predicted octanol–water partition coefficient (Wildman–Crippen LogP) is 3.39. The molecule has 1 saturated carbocycles. The molecule has 3 heterocycles. The molecule has 0 bridgehead atoms. The molecule has 0 radical (unpaired) electrons. The van der Waals surface area contributed by atoms with Crippen molar-refractivity contribution in [3.63, 3.8) is 0 Å². The Morgan fingerprint density at radius 1 is 1.20 bits per heavy atom. The van der Waals surface area contributed by atoms with Crippen molar-refractivity contribution in [1.29, 1.82) is 0 Å². The molecule has 4 nitrogen and oxygen atoms in total. The van der Waals surface area contributed by atoms with E-state index in [4.69, 9.17) is 0 Å². The average Bonchev–Trinajstić information content (AvgIpc) is 3.09. The van der Waals surface area contributed by atoms with Crippen molar-refractivity contribution >= 4 is 58.0 Å². The molecule has 142 valence electrons. The van der Waals surface area contributed by atoms with E-state index >= 15 is 0 Å². The van der Waals surface area contributed by atoms with E-state index in [1.165, 1.54) is 21.5 Å². The first-order chi connectivity index (χ1) is 11.2. The quantitative estimate of drug-likeness (QED) is 0.735. The highest BCUT2D eigenvalue weighted by Crippen LogP contribution is 2.59. The van der Waals surface area contributed by atoms with Crippen LogP contribution in [0, 0.1) is 11.3 Å². The standard InChI is InChI=1S/C17H24BrN3OS.2ClH/c18-15-2-1-13(23-15)12-20-7-9-21(10-8-20)16(22)14-11-17(14)3-5-19-6-4-17;;/h1-2,14,19H,3-12H2;2*1H. The van der Waals surface area contributed by atoms with E-state index in [0.29, 0.717) is 17.2 Å². The minimum Gasteiger partial charge on any atom is -0.340 e. The Kier molecular flexibility index (Phi) is 7.63. The summed E-state index contributed by atoms with van der Waals surface area (Å²) < 4.78 is 1.20. The second kappa shape index (κ2) is 8.89. The average molecular weight is 471 g/mol. The SMILES string of the molecule is Cl.Cl.O=C(C1CC12CCNCC2)N1CCN(Cc2ccc(Br)s2)CC1. The van der Waals surface area contributed by atoms with Crippen molar-refractivity contribution < 1.29 is 4.79 Å². The highest BCUT2D eigenvalue weighted by atomic mass is 79.9. The molecule has 8 heteroatoms. The minimum atomic E-state index is 0. The number of nitrogens with zero attached hydrogens (tertiary/aromatic N) is 2. The Morgan fingerprint density at radius 3 is 2.48 bits per heavy atom. The third-order valence-electron chi connectivity index (χ3n) is 5.78. The molecule has 1 atom stereocenters. The Hall–Kier alpha value is 0.150. The summed E-state index contributed by atoms with van der Waals surface area (Å²) in [6.07, 6.45) is 3.52. The maximum atomic E-state index is 12.8. The second-order valence-electron chi connectivity index (χ2n) is 7.18. The third kappa shape index (κ3) is 4.71. The van der Waals surface area contributed by atoms with Gasteiger partial charge in [-0.2, -0.15) is 0 Å². The highest BCUT2D eigenvalue weighted by molar-refractivity contribution is 9.11. The van der Waals surface area contributed by atoms with E-state index in [9.17, 15) is 4.79 Å². The summed E-state index contributed by atoms with van der Waals surface area (Å²) in [4.78, 5) is 18.8. The molecule has 1 spiro atoms. The first kappa shape index (κ1) is 21.5. The summed E-state index contributed by atoms with van der Waals surface area (Å²) in [6.45, 7) is 7.00. The number of piperidine rings is 1. The van der Waals surface area contributed by atoms with Crippen LogP contribution in [-0.2, 0) is 11.3 Å². The van der Waals surface area contributed by atoms with Gasteiger partial charge in [-0.05, 0) is 65.8 Å². The zero-order valence-corrected chi connectivity index (χ0v) is 18.2. The van der Waals surface area contributed by atoms with Gasteiger partial charge in [0, 0.05) is 43.5 Å². The molecule has 1 aromatic heterocycles. The summed E-state index contributed by atoms with van der Waals surface area (Å²) in [5.41, 5.74) is 0.364. The Balaban J connectivity index is 0.00000113. The molecule has 1 aromatic rings. The fourth-order valence-corrected chi connectivity index (χ4v) is 5.70. The number of amides is 1. The van der Waals surface area contributed by atoms with Gasteiger partial charge in [-0.15, -0.1) is 36.2 Å². The first-order valence-corrected chi connectivity index (χ1v) is 10.2. The van der Waals surface area contributed by atoms with Crippen molar-refractivity contribution in [2.75, 3.05) is 39.3 Å². The van der Waals surface area contributed by atoms with Gasteiger partial charge in [0.1, 0.15) is 0 Å². The molecule has 4 rings (SSSR count). The van der Waals surface area contributed by atoms with E-state index in [2.05, 4.69) is 43.2 Å². The maximum Gasteiger partial charge on any atom is 0.226 e. The number of carbonyl (C=O) groups is 1. The summed E-state index contributed by atoms with van der Waals surface area (Å²) >= 11 is 5.33. The molecule has 1 N–H and O–H groups in total. The minimum absolute atomic E-state index is 0. The normalized spacial score (nSPS) is 25.2. The van der Waals surface area contributed by atoms with Crippen LogP contribution in [0.1, 0.15) is 24.1 Å². The van der Waals surface area contributed by atoms with Gasteiger partial charge < -0.3 is 10.2 Å². The molecule has 3 fully saturated rings. The molecular weight excluding hydrogens is 445 g/mol. The lowest BCUT2D eigenvalue weighted by Crippen LogP contribution is -2.49. The monoisotopic (exact) mass is 469 g/mol.